The fourth-order valence-corrected chi connectivity index (χ4v) is 5.34. The van der Waals surface area contributed by atoms with Crippen molar-refractivity contribution in [3.05, 3.63) is 29.3 Å². The smallest absolute Gasteiger partial charge is 0.319 e. The highest BCUT2D eigenvalue weighted by Gasteiger charge is 2.30. The largest absolute Gasteiger partial charge is 0.373 e. The van der Waals surface area contributed by atoms with Gasteiger partial charge in [-0.1, -0.05) is 12.1 Å². The summed E-state index contributed by atoms with van der Waals surface area (Å²) in [5.74, 6) is -0.118. The first-order valence-corrected chi connectivity index (χ1v) is 11.2. The summed E-state index contributed by atoms with van der Waals surface area (Å²) in [4.78, 5) is 12.2. The Hall–Kier alpha value is -1.64. The van der Waals surface area contributed by atoms with E-state index in [0.29, 0.717) is 13.1 Å². The van der Waals surface area contributed by atoms with Gasteiger partial charge in [0.1, 0.15) is 0 Å². The number of carbonyl (C=O) groups excluding carboxylic acids is 1. The number of fused-ring (bicyclic) bond motifs is 1. The maximum Gasteiger partial charge on any atom is 0.319 e. The molecule has 2 atom stereocenters. The van der Waals surface area contributed by atoms with Crippen molar-refractivity contribution < 1.29 is 17.9 Å². The molecule has 7 nitrogen and oxygen atoms in total. The third-order valence-electron chi connectivity index (χ3n) is 5.07. The van der Waals surface area contributed by atoms with E-state index in [9.17, 15) is 13.2 Å². The number of morpholine rings is 1. The number of hydrogen-bond acceptors (Lipinski definition) is 4. The summed E-state index contributed by atoms with van der Waals surface area (Å²) in [6.45, 7) is 4.52. The summed E-state index contributed by atoms with van der Waals surface area (Å²) in [7, 11) is -3.42. The third-order valence-corrected chi connectivity index (χ3v) is 6.87. The second-order valence-electron chi connectivity index (χ2n) is 7.42. The van der Waals surface area contributed by atoms with Crippen molar-refractivity contribution in [1.29, 1.82) is 0 Å². The maximum atomic E-state index is 12.5. The normalized spacial score (nSPS) is 23.5. The molecule has 1 fully saturated rings. The second kappa shape index (κ2) is 8.58. The zero-order valence-electron chi connectivity index (χ0n) is 16.0. The zero-order valence-corrected chi connectivity index (χ0v) is 16.8. The van der Waals surface area contributed by atoms with Crippen LogP contribution in [0.2, 0.25) is 0 Å². The molecule has 1 aliphatic heterocycles. The van der Waals surface area contributed by atoms with Crippen molar-refractivity contribution in [1.82, 2.24) is 9.62 Å². The van der Waals surface area contributed by atoms with E-state index in [-0.39, 0.29) is 30.5 Å². The number of nitrogens with one attached hydrogen (secondary N) is 2. The number of nitrogens with zero attached hydrogens (tertiary/aromatic N) is 1. The van der Waals surface area contributed by atoms with Gasteiger partial charge in [-0.15, -0.1) is 0 Å². The maximum absolute atomic E-state index is 12.5. The van der Waals surface area contributed by atoms with E-state index in [2.05, 4.69) is 16.7 Å². The third kappa shape index (κ3) is 5.21. The van der Waals surface area contributed by atoms with Gasteiger partial charge in [0.15, 0.2) is 0 Å². The Morgan fingerprint density at radius 3 is 2.63 bits per heavy atom. The van der Waals surface area contributed by atoms with Crippen molar-refractivity contribution in [2.45, 2.75) is 51.7 Å². The minimum absolute atomic E-state index is 0.0727. The molecule has 27 heavy (non-hydrogen) atoms. The van der Waals surface area contributed by atoms with Crippen molar-refractivity contribution >= 4 is 21.7 Å². The lowest BCUT2D eigenvalue weighted by Crippen LogP contribution is -2.49. The number of aryl methyl sites for hydroxylation is 1. The molecular formula is C19H29N3O4S. The average Bonchev–Trinajstić information content (AvgIpc) is 2.61. The van der Waals surface area contributed by atoms with Crippen molar-refractivity contribution in [2.75, 3.05) is 30.7 Å². The molecule has 2 N–H and O–H groups in total. The Balaban J connectivity index is 1.51. The molecule has 1 aromatic carbocycles. The molecule has 0 bridgehead atoms. The van der Waals surface area contributed by atoms with Crippen LogP contribution in [0.5, 0.6) is 0 Å². The van der Waals surface area contributed by atoms with Crippen LogP contribution < -0.4 is 10.6 Å². The molecule has 0 radical (unpaired) electrons. The average molecular weight is 396 g/mol. The molecular weight excluding hydrogens is 366 g/mol. The fourth-order valence-electron chi connectivity index (χ4n) is 3.85. The van der Waals surface area contributed by atoms with Crippen LogP contribution in [0.3, 0.4) is 0 Å². The Kier molecular flexibility index (Phi) is 6.39. The van der Waals surface area contributed by atoms with Gasteiger partial charge in [0.2, 0.25) is 10.0 Å². The number of anilines is 1. The number of hydrogen-bond donors (Lipinski definition) is 2. The van der Waals surface area contributed by atoms with Crippen molar-refractivity contribution in [3.8, 4) is 0 Å². The van der Waals surface area contributed by atoms with Gasteiger partial charge in [0, 0.05) is 25.3 Å². The van der Waals surface area contributed by atoms with E-state index in [4.69, 9.17) is 4.74 Å². The number of urea groups is 1. The van der Waals surface area contributed by atoms with E-state index < -0.39 is 10.0 Å². The molecule has 1 aliphatic carbocycles. The van der Waals surface area contributed by atoms with E-state index in [1.807, 2.05) is 26.0 Å². The highest BCUT2D eigenvalue weighted by Crippen LogP contribution is 2.27. The van der Waals surface area contributed by atoms with Gasteiger partial charge in [0.05, 0.1) is 18.0 Å². The quantitative estimate of drug-likeness (QED) is 0.799. The fraction of sp³-hybridized carbons (Fsp3) is 0.632. The molecule has 0 spiro atoms. The van der Waals surface area contributed by atoms with E-state index >= 15 is 0 Å². The van der Waals surface area contributed by atoms with Gasteiger partial charge in [0.25, 0.3) is 0 Å². The number of ether oxygens (including phenoxy) is 1. The predicted octanol–water partition coefficient (Wildman–Crippen LogP) is 2.13. The van der Waals surface area contributed by atoms with Crippen LogP contribution in [0, 0.1) is 0 Å². The molecule has 1 heterocycles. The molecule has 2 amide bonds. The number of benzene rings is 1. The van der Waals surface area contributed by atoms with Crippen LogP contribution in [0.15, 0.2) is 18.2 Å². The van der Waals surface area contributed by atoms with Gasteiger partial charge in [-0.05, 0) is 56.7 Å². The van der Waals surface area contributed by atoms with Crippen molar-refractivity contribution in [2.24, 2.45) is 0 Å². The van der Waals surface area contributed by atoms with Crippen LogP contribution in [0.1, 0.15) is 37.8 Å². The highest BCUT2D eigenvalue weighted by molar-refractivity contribution is 7.89. The summed E-state index contributed by atoms with van der Waals surface area (Å²) in [6, 6.07) is 5.59. The summed E-state index contributed by atoms with van der Waals surface area (Å²) >= 11 is 0. The lowest BCUT2D eigenvalue weighted by Gasteiger charge is -2.34. The molecule has 0 aromatic heterocycles. The van der Waals surface area contributed by atoms with E-state index in [0.717, 1.165) is 24.9 Å². The van der Waals surface area contributed by atoms with Gasteiger partial charge in [-0.3, -0.25) is 0 Å². The predicted molar refractivity (Wildman–Crippen MR) is 105 cm³/mol. The number of rotatable bonds is 5. The van der Waals surface area contributed by atoms with E-state index in [1.54, 1.807) is 0 Å². The van der Waals surface area contributed by atoms with Gasteiger partial charge in [-0.25, -0.2) is 13.2 Å². The molecule has 1 aromatic rings. The topological polar surface area (TPSA) is 87.7 Å². The lowest BCUT2D eigenvalue weighted by atomic mass is 9.90. The first-order valence-electron chi connectivity index (χ1n) is 9.64. The lowest BCUT2D eigenvalue weighted by molar-refractivity contribution is -0.0440. The first-order chi connectivity index (χ1) is 12.8. The molecule has 8 heteroatoms. The monoisotopic (exact) mass is 395 g/mol. The Morgan fingerprint density at radius 2 is 1.89 bits per heavy atom. The van der Waals surface area contributed by atoms with E-state index in [1.165, 1.54) is 21.9 Å². The van der Waals surface area contributed by atoms with Gasteiger partial charge in [-0.2, -0.15) is 4.31 Å². The van der Waals surface area contributed by atoms with Crippen LogP contribution in [0.4, 0.5) is 10.5 Å². The number of carbonyl (C=O) groups is 1. The Labute approximate surface area is 161 Å². The molecule has 150 valence electrons. The molecule has 2 aliphatic rings. The minimum Gasteiger partial charge on any atom is -0.373 e. The molecule has 3 rings (SSSR count). The molecule has 2 unspecified atom stereocenters. The summed E-state index contributed by atoms with van der Waals surface area (Å²) in [5, 5.41) is 5.54. The van der Waals surface area contributed by atoms with Gasteiger partial charge >= 0.3 is 6.03 Å². The number of amides is 2. The van der Waals surface area contributed by atoms with Crippen LogP contribution >= 0.6 is 0 Å². The second-order valence-corrected chi connectivity index (χ2v) is 9.51. The molecule has 0 saturated carbocycles. The first kappa shape index (κ1) is 20.1. The van der Waals surface area contributed by atoms with Gasteiger partial charge < -0.3 is 15.4 Å². The Morgan fingerprint density at radius 1 is 1.19 bits per heavy atom. The summed E-state index contributed by atoms with van der Waals surface area (Å²) in [6.07, 6.45) is 4.07. The Bertz CT molecular complexity index is 771. The van der Waals surface area contributed by atoms with Crippen LogP contribution in [-0.2, 0) is 27.6 Å². The van der Waals surface area contributed by atoms with Crippen LogP contribution in [-0.4, -0.2) is 56.3 Å². The molecule has 1 saturated heterocycles. The standard InChI is InChI=1S/C19H29N3O4S/c1-14-12-22(13-15(2)26-14)27(24,25)11-10-20-19(23)21-18-9-5-7-16-6-3-4-8-17(16)18/h5,7,9,14-15H,3-4,6,8,10-13H2,1-2H3,(H2,20,21,23). The highest BCUT2D eigenvalue weighted by atomic mass is 32.2. The van der Waals surface area contributed by atoms with Crippen molar-refractivity contribution in [3.63, 3.8) is 0 Å². The summed E-state index contributed by atoms with van der Waals surface area (Å²) in [5.41, 5.74) is 3.31. The van der Waals surface area contributed by atoms with Crippen LogP contribution in [0.25, 0.3) is 0 Å². The number of sulfonamides is 1. The zero-order chi connectivity index (χ0) is 19.4. The SMILES string of the molecule is CC1CN(S(=O)(=O)CCNC(=O)Nc2cccc3c2CCCC3)CC(C)O1. The summed E-state index contributed by atoms with van der Waals surface area (Å²) < 4.78 is 32.1. The minimum atomic E-state index is -3.42.